The lowest BCUT2D eigenvalue weighted by atomic mass is 9.93. The number of amides is 2. The lowest BCUT2D eigenvalue weighted by Crippen LogP contribution is -2.56. The van der Waals surface area contributed by atoms with Crippen LogP contribution < -0.4 is 5.32 Å². The third kappa shape index (κ3) is 3.97. The van der Waals surface area contributed by atoms with Crippen LogP contribution in [0.2, 0.25) is 0 Å². The van der Waals surface area contributed by atoms with Gasteiger partial charge in [0.1, 0.15) is 5.54 Å². The van der Waals surface area contributed by atoms with Gasteiger partial charge in [-0.2, -0.15) is 0 Å². The zero-order chi connectivity index (χ0) is 16.0. The van der Waals surface area contributed by atoms with E-state index >= 15 is 0 Å². The topological polar surface area (TPSA) is 69.6 Å². The van der Waals surface area contributed by atoms with E-state index in [9.17, 15) is 14.7 Å². The molecule has 0 saturated heterocycles. The van der Waals surface area contributed by atoms with Crippen LogP contribution in [0.15, 0.2) is 24.3 Å². The molecule has 0 radical (unpaired) electrons. The molecule has 5 heteroatoms. The van der Waals surface area contributed by atoms with E-state index in [0.717, 1.165) is 11.1 Å². The molecule has 0 aromatic heterocycles. The van der Waals surface area contributed by atoms with E-state index in [0.29, 0.717) is 19.4 Å². The number of aryl methyl sites for hydroxylation is 1. The Bertz CT molecular complexity index is 510. The molecular formula is C16H24N2O3. The Morgan fingerprint density at radius 3 is 2.29 bits per heavy atom. The van der Waals surface area contributed by atoms with E-state index in [-0.39, 0.29) is 6.03 Å². The van der Waals surface area contributed by atoms with Crippen molar-refractivity contribution in [1.82, 2.24) is 10.2 Å². The summed E-state index contributed by atoms with van der Waals surface area (Å²) in [6.45, 7) is 5.96. The number of rotatable bonds is 6. The molecule has 0 spiro atoms. The van der Waals surface area contributed by atoms with Crippen LogP contribution in [0.1, 0.15) is 37.8 Å². The minimum Gasteiger partial charge on any atom is -0.480 e. The number of nitrogens with one attached hydrogen (secondary N) is 1. The average Bonchev–Trinajstić information content (AvgIpc) is 2.46. The molecule has 1 aromatic rings. The fourth-order valence-corrected chi connectivity index (χ4v) is 2.20. The molecule has 0 atom stereocenters. The Labute approximate surface area is 126 Å². The second-order valence-electron chi connectivity index (χ2n) is 5.31. The number of carboxylic acid groups (broad SMARTS) is 1. The number of carbonyl (C=O) groups is 2. The van der Waals surface area contributed by atoms with Crippen LogP contribution in [0.5, 0.6) is 0 Å². The zero-order valence-corrected chi connectivity index (χ0v) is 13.1. The zero-order valence-electron chi connectivity index (χ0n) is 13.1. The van der Waals surface area contributed by atoms with Crippen molar-refractivity contribution < 1.29 is 14.7 Å². The van der Waals surface area contributed by atoms with Gasteiger partial charge >= 0.3 is 12.0 Å². The van der Waals surface area contributed by atoms with Crippen LogP contribution in [-0.2, 0) is 11.3 Å². The molecule has 0 aliphatic carbocycles. The van der Waals surface area contributed by atoms with E-state index in [1.165, 1.54) is 4.90 Å². The Morgan fingerprint density at radius 1 is 1.24 bits per heavy atom. The Morgan fingerprint density at radius 2 is 1.81 bits per heavy atom. The number of hydrogen-bond acceptors (Lipinski definition) is 2. The summed E-state index contributed by atoms with van der Waals surface area (Å²) in [5.41, 5.74) is 0.952. The van der Waals surface area contributed by atoms with Crippen molar-refractivity contribution in [2.24, 2.45) is 0 Å². The highest BCUT2D eigenvalue weighted by atomic mass is 16.4. The highest BCUT2D eigenvalue weighted by Gasteiger charge is 2.37. The van der Waals surface area contributed by atoms with Crippen molar-refractivity contribution in [3.8, 4) is 0 Å². The highest BCUT2D eigenvalue weighted by molar-refractivity contribution is 5.86. The Kier molecular flexibility index (Phi) is 5.76. The summed E-state index contributed by atoms with van der Waals surface area (Å²) in [4.78, 5) is 25.2. The van der Waals surface area contributed by atoms with Crippen molar-refractivity contribution in [3.05, 3.63) is 35.4 Å². The first-order chi connectivity index (χ1) is 9.86. The summed E-state index contributed by atoms with van der Waals surface area (Å²) in [6, 6.07) is 7.45. The first-order valence-electron chi connectivity index (χ1n) is 7.17. The molecule has 0 saturated carbocycles. The summed E-state index contributed by atoms with van der Waals surface area (Å²) in [7, 11) is 1.67. The minimum absolute atomic E-state index is 0.350. The highest BCUT2D eigenvalue weighted by Crippen LogP contribution is 2.16. The summed E-state index contributed by atoms with van der Waals surface area (Å²) in [6.07, 6.45) is 0.700. The normalized spacial score (nSPS) is 11.0. The van der Waals surface area contributed by atoms with Crippen LogP contribution in [-0.4, -0.2) is 34.6 Å². The van der Waals surface area contributed by atoms with Gasteiger partial charge in [-0.3, -0.25) is 0 Å². The van der Waals surface area contributed by atoms with Crippen molar-refractivity contribution in [1.29, 1.82) is 0 Å². The lowest BCUT2D eigenvalue weighted by molar-refractivity contribution is -0.144. The maximum Gasteiger partial charge on any atom is 0.329 e. The first-order valence-corrected chi connectivity index (χ1v) is 7.17. The van der Waals surface area contributed by atoms with Gasteiger partial charge in [0, 0.05) is 13.6 Å². The molecule has 0 aliphatic heterocycles. The monoisotopic (exact) mass is 292 g/mol. The molecule has 5 nitrogen and oxygen atoms in total. The lowest BCUT2D eigenvalue weighted by Gasteiger charge is -2.30. The number of aliphatic carboxylic acids is 1. The predicted octanol–water partition coefficient (Wildman–Crippen LogP) is 2.78. The van der Waals surface area contributed by atoms with E-state index in [1.54, 1.807) is 20.9 Å². The van der Waals surface area contributed by atoms with Gasteiger partial charge in [0.25, 0.3) is 0 Å². The van der Waals surface area contributed by atoms with Crippen molar-refractivity contribution in [2.45, 2.75) is 45.7 Å². The van der Waals surface area contributed by atoms with Crippen molar-refractivity contribution in [2.75, 3.05) is 7.05 Å². The fourth-order valence-electron chi connectivity index (χ4n) is 2.20. The van der Waals surface area contributed by atoms with Crippen molar-refractivity contribution >= 4 is 12.0 Å². The largest absolute Gasteiger partial charge is 0.480 e. The van der Waals surface area contributed by atoms with Gasteiger partial charge in [0.2, 0.25) is 0 Å². The van der Waals surface area contributed by atoms with Crippen LogP contribution in [0.4, 0.5) is 4.79 Å². The molecule has 1 rings (SSSR count). The third-order valence-corrected chi connectivity index (χ3v) is 3.98. The van der Waals surface area contributed by atoms with Gasteiger partial charge in [0.05, 0.1) is 0 Å². The summed E-state index contributed by atoms with van der Waals surface area (Å²) in [5.74, 6) is -0.995. The summed E-state index contributed by atoms with van der Waals surface area (Å²) < 4.78 is 0. The number of benzene rings is 1. The van der Waals surface area contributed by atoms with Crippen molar-refractivity contribution in [3.63, 3.8) is 0 Å². The standard InChI is InChI=1S/C16H24N2O3/c1-5-16(6-2,14(19)20)17-15(21)18(4)11-13-10-8-7-9-12(13)3/h7-10H,5-6,11H2,1-4H3,(H,17,21)(H,19,20). The van der Waals surface area contributed by atoms with Gasteiger partial charge in [-0.15, -0.1) is 0 Å². The quantitative estimate of drug-likeness (QED) is 0.847. The fraction of sp³-hybridized carbons (Fsp3) is 0.500. The second-order valence-corrected chi connectivity index (χ2v) is 5.31. The van der Waals surface area contributed by atoms with Gasteiger partial charge in [-0.05, 0) is 30.9 Å². The van der Waals surface area contributed by atoms with E-state index in [2.05, 4.69) is 5.32 Å². The minimum atomic E-state index is -1.20. The van der Waals surface area contributed by atoms with Gasteiger partial charge in [-0.25, -0.2) is 9.59 Å². The van der Waals surface area contributed by atoms with Crippen LogP contribution >= 0.6 is 0 Å². The van der Waals surface area contributed by atoms with Gasteiger partial charge in [0.15, 0.2) is 0 Å². The number of carboxylic acids is 1. The first kappa shape index (κ1) is 17.0. The Hall–Kier alpha value is -2.04. The SMILES string of the molecule is CCC(CC)(NC(=O)N(C)Cc1ccccc1C)C(=O)O. The maximum atomic E-state index is 12.2. The van der Waals surface area contributed by atoms with E-state index < -0.39 is 11.5 Å². The molecule has 0 aliphatic rings. The number of hydrogen-bond donors (Lipinski definition) is 2. The molecule has 0 unspecified atom stereocenters. The molecule has 0 bridgehead atoms. The predicted molar refractivity (Wildman–Crippen MR) is 82.1 cm³/mol. The van der Waals surface area contributed by atoms with Gasteiger partial charge in [-0.1, -0.05) is 38.1 Å². The molecule has 2 N–H and O–H groups in total. The molecule has 0 fully saturated rings. The average molecular weight is 292 g/mol. The molecule has 21 heavy (non-hydrogen) atoms. The smallest absolute Gasteiger partial charge is 0.329 e. The number of urea groups is 1. The summed E-state index contributed by atoms with van der Waals surface area (Å²) in [5, 5.41) is 12.0. The molecule has 116 valence electrons. The van der Waals surface area contributed by atoms with Crippen LogP contribution in [0.3, 0.4) is 0 Å². The van der Waals surface area contributed by atoms with Gasteiger partial charge < -0.3 is 15.3 Å². The molecule has 1 aromatic carbocycles. The van der Waals surface area contributed by atoms with E-state index in [4.69, 9.17) is 0 Å². The maximum absolute atomic E-state index is 12.2. The molecular weight excluding hydrogens is 268 g/mol. The van der Waals surface area contributed by atoms with E-state index in [1.807, 2.05) is 31.2 Å². The molecule has 2 amide bonds. The molecule has 0 heterocycles. The third-order valence-electron chi connectivity index (χ3n) is 3.98. The second kappa shape index (κ2) is 7.11. The summed E-state index contributed by atoms with van der Waals surface area (Å²) >= 11 is 0. The van der Waals surface area contributed by atoms with Crippen LogP contribution in [0.25, 0.3) is 0 Å². The van der Waals surface area contributed by atoms with Crippen LogP contribution in [0, 0.1) is 6.92 Å². The number of carbonyl (C=O) groups excluding carboxylic acids is 1. The Balaban J connectivity index is 2.79. The number of nitrogens with zero attached hydrogens (tertiary/aromatic N) is 1.